The Labute approximate surface area is 172 Å². The SMILES string of the molecule is CCc1ccc2[nH]c(=O)c(CNc3cc(C)c4nc(NC(C)=O)sc4c3)cc2c1. The first-order chi connectivity index (χ1) is 13.9. The predicted molar refractivity (Wildman–Crippen MR) is 120 cm³/mol. The van der Waals surface area contributed by atoms with E-state index in [1.165, 1.54) is 23.8 Å². The molecule has 0 radical (unpaired) electrons. The van der Waals surface area contributed by atoms with Crippen molar-refractivity contribution in [1.29, 1.82) is 0 Å². The number of pyridine rings is 1. The number of rotatable bonds is 5. The molecule has 2 aromatic carbocycles. The number of aryl methyl sites for hydroxylation is 2. The lowest BCUT2D eigenvalue weighted by atomic mass is 10.1. The maximum Gasteiger partial charge on any atom is 0.253 e. The number of nitrogens with zero attached hydrogens (tertiary/aromatic N) is 1. The maximum absolute atomic E-state index is 12.5. The molecule has 2 aromatic heterocycles. The van der Waals surface area contributed by atoms with E-state index in [-0.39, 0.29) is 11.5 Å². The summed E-state index contributed by atoms with van der Waals surface area (Å²) in [4.78, 5) is 31.2. The average molecular weight is 407 g/mol. The lowest BCUT2D eigenvalue weighted by Gasteiger charge is -2.09. The van der Waals surface area contributed by atoms with Gasteiger partial charge in [-0.25, -0.2) is 4.98 Å². The first-order valence-corrected chi connectivity index (χ1v) is 10.3. The third kappa shape index (κ3) is 4.00. The summed E-state index contributed by atoms with van der Waals surface area (Å²) < 4.78 is 0.983. The van der Waals surface area contributed by atoms with E-state index >= 15 is 0 Å². The molecule has 0 spiro atoms. The molecule has 4 rings (SSSR count). The van der Waals surface area contributed by atoms with Crippen LogP contribution in [0, 0.1) is 6.92 Å². The molecule has 0 saturated heterocycles. The molecule has 0 aliphatic heterocycles. The first kappa shape index (κ1) is 19.1. The van der Waals surface area contributed by atoms with Crippen molar-refractivity contribution in [2.45, 2.75) is 33.7 Å². The largest absolute Gasteiger partial charge is 0.381 e. The summed E-state index contributed by atoms with van der Waals surface area (Å²) in [5, 5.41) is 7.71. The number of benzene rings is 2. The number of carbonyl (C=O) groups is 1. The highest BCUT2D eigenvalue weighted by Crippen LogP contribution is 2.31. The van der Waals surface area contributed by atoms with Crippen LogP contribution in [0.4, 0.5) is 10.8 Å². The minimum atomic E-state index is -0.137. The van der Waals surface area contributed by atoms with Crippen LogP contribution >= 0.6 is 11.3 Å². The summed E-state index contributed by atoms with van der Waals surface area (Å²) >= 11 is 1.43. The molecule has 6 nitrogen and oxygen atoms in total. The zero-order valence-corrected chi connectivity index (χ0v) is 17.4. The van der Waals surface area contributed by atoms with Crippen LogP contribution in [0.3, 0.4) is 0 Å². The quantitative estimate of drug-likeness (QED) is 0.453. The Balaban J connectivity index is 1.61. The number of aromatic amines is 1. The number of aromatic nitrogens is 2. The topological polar surface area (TPSA) is 86.9 Å². The van der Waals surface area contributed by atoms with Gasteiger partial charge in [-0.05, 0) is 60.2 Å². The van der Waals surface area contributed by atoms with Gasteiger partial charge in [-0.1, -0.05) is 24.3 Å². The molecule has 0 unspecified atom stereocenters. The zero-order valence-electron chi connectivity index (χ0n) is 16.6. The Kier molecular flexibility index (Phi) is 5.07. The van der Waals surface area contributed by atoms with Crippen molar-refractivity contribution in [2.75, 3.05) is 10.6 Å². The van der Waals surface area contributed by atoms with Crippen molar-refractivity contribution in [3.05, 3.63) is 63.4 Å². The molecule has 0 atom stereocenters. The van der Waals surface area contributed by atoms with Gasteiger partial charge in [-0.3, -0.25) is 9.59 Å². The number of anilines is 2. The van der Waals surface area contributed by atoms with Crippen LogP contribution in [0.25, 0.3) is 21.1 Å². The van der Waals surface area contributed by atoms with E-state index in [0.29, 0.717) is 17.2 Å². The van der Waals surface area contributed by atoms with Crippen molar-refractivity contribution in [2.24, 2.45) is 0 Å². The molecule has 4 aromatic rings. The van der Waals surface area contributed by atoms with Gasteiger partial charge >= 0.3 is 0 Å². The Morgan fingerprint density at radius 2 is 2.03 bits per heavy atom. The summed E-state index contributed by atoms with van der Waals surface area (Å²) in [5.74, 6) is -0.137. The summed E-state index contributed by atoms with van der Waals surface area (Å²) in [7, 11) is 0. The molecule has 2 heterocycles. The zero-order chi connectivity index (χ0) is 20.5. The first-order valence-electron chi connectivity index (χ1n) is 9.50. The average Bonchev–Trinajstić information content (AvgIpc) is 3.08. The van der Waals surface area contributed by atoms with Crippen LogP contribution in [0.1, 0.15) is 30.5 Å². The minimum absolute atomic E-state index is 0.0854. The molecule has 148 valence electrons. The Bertz CT molecular complexity index is 1290. The van der Waals surface area contributed by atoms with E-state index in [1.54, 1.807) is 0 Å². The third-order valence-corrected chi connectivity index (χ3v) is 5.76. The van der Waals surface area contributed by atoms with Gasteiger partial charge in [0.1, 0.15) is 0 Å². The molecule has 7 heteroatoms. The van der Waals surface area contributed by atoms with E-state index in [9.17, 15) is 9.59 Å². The second-order valence-corrected chi connectivity index (χ2v) is 8.12. The molecule has 0 bridgehead atoms. The van der Waals surface area contributed by atoms with Gasteiger partial charge in [0.2, 0.25) is 5.91 Å². The molecule has 0 fully saturated rings. The molecule has 29 heavy (non-hydrogen) atoms. The van der Waals surface area contributed by atoms with E-state index in [0.717, 1.165) is 38.8 Å². The second kappa shape index (κ2) is 7.67. The van der Waals surface area contributed by atoms with Gasteiger partial charge in [0.05, 0.1) is 10.2 Å². The standard InChI is InChI=1S/C22H22N4O2S/c1-4-14-5-6-18-15(8-14)9-16(21(28)25-18)11-23-17-7-12(2)20-19(10-17)29-22(26-20)24-13(3)27/h5-10,23H,4,11H2,1-3H3,(H,25,28)(H,24,26,27). The van der Waals surface area contributed by atoms with Gasteiger partial charge in [-0.15, -0.1) is 0 Å². The number of thiazole rings is 1. The number of carbonyl (C=O) groups excluding carboxylic acids is 1. The number of amides is 1. The van der Waals surface area contributed by atoms with E-state index in [4.69, 9.17) is 0 Å². The van der Waals surface area contributed by atoms with Crippen molar-refractivity contribution in [3.63, 3.8) is 0 Å². The summed E-state index contributed by atoms with van der Waals surface area (Å²) in [6, 6.07) is 12.1. The second-order valence-electron chi connectivity index (χ2n) is 7.09. The number of nitrogens with one attached hydrogen (secondary N) is 3. The number of H-pyrrole nitrogens is 1. The minimum Gasteiger partial charge on any atom is -0.381 e. The van der Waals surface area contributed by atoms with Crippen molar-refractivity contribution < 1.29 is 4.79 Å². The van der Waals surface area contributed by atoms with Crippen LogP contribution in [0.15, 0.2) is 41.2 Å². The number of hydrogen-bond acceptors (Lipinski definition) is 5. The molecule has 1 amide bonds. The van der Waals surface area contributed by atoms with Crippen LogP contribution in [-0.4, -0.2) is 15.9 Å². The Hall–Kier alpha value is -3.19. The summed E-state index contributed by atoms with van der Waals surface area (Å²) in [6.07, 6.45) is 0.956. The van der Waals surface area contributed by atoms with Crippen molar-refractivity contribution in [3.8, 4) is 0 Å². The van der Waals surface area contributed by atoms with E-state index in [2.05, 4.69) is 33.6 Å². The maximum atomic E-state index is 12.5. The van der Waals surface area contributed by atoms with Gasteiger partial charge in [0.15, 0.2) is 5.13 Å². The Morgan fingerprint density at radius 3 is 2.79 bits per heavy atom. The predicted octanol–water partition coefficient (Wildman–Crippen LogP) is 4.58. The van der Waals surface area contributed by atoms with Gasteiger partial charge in [-0.2, -0.15) is 0 Å². The third-order valence-electron chi connectivity index (χ3n) is 4.85. The van der Waals surface area contributed by atoms with Gasteiger partial charge in [0, 0.05) is 30.2 Å². The molecule has 0 aliphatic carbocycles. The number of hydrogen-bond donors (Lipinski definition) is 3. The van der Waals surface area contributed by atoms with Crippen LogP contribution in [0.5, 0.6) is 0 Å². The van der Waals surface area contributed by atoms with Crippen molar-refractivity contribution >= 4 is 49.2 Å². The lowest BCUT2D eigenvalue weighted by Crippen LogP contribution is -2.15. The fraction of sp³-hybridized carbons (Fsp3) is 0.227. The highest BCUT2D eigenvalue weighted by atomic mass is 32.1. The number of fused-ring (bicyclic) bond motifs is 2. The summed E-state index contributed by atoms with van der Waals surface area (Å²) in [5.41, 5.74) is 5.49. The van der Waals surface area contributed by atoms with Gasteiger partial charge < -0.3 is 15.6 Å². The van der Waals surface area contributed by atoms with Crippen LogP contribution in [0.2, 0.25) is 0 Å². The smallest absolute Gasteiger partial charge is 0.253 e. The van der Waals surface area contributed by atoms with Crippen LogP contribution in [-0.2, 0) is 17.8 Å². The fourth-order valence-corrected chi connectivity index (χ4v) is 4.38. The highest BCUT2D eigenvalue weighted by molar-refractivity contribution is 7.22. The molecular weight excluding hydrogens is 384 g/mol. The lowest BCUT2D eigenvalue weighted by molar-refractivity contribution is -0.114. The highest BCUT2D eigenvalue weighted by Gasteiger charge is 2.10. The van der Waals surface area contributed by atoms with E-state index < -0.39 is 0 Å². The fourth-order valence-electron chi connectivity index (χ4n) is 3.35. The molecule has 0 aliphatic rings. The van der Waals surface area contributed by atoms with Gasteiger partial charge in [0.25, 0.3) is 5.56 Å². The normalized spacial score (nSPS) is 11.1. The Morgan fingerprint density at radius 1 is 1.21 bits per heavy atom. The molecule has 0 saturated carbocycles. The molecular formula is C22H22N4O2S. The summed E-state index contributed by atoms with van der Waals surface area (Å²) in [6.45, 7) is 5.99. The molecule has 3 N–H and O–H groups in total. The van der Waals surface area contributed by atoms with E-state index in [1.807, 2.05) is 37.3 Å². The van der Waals surface area contributed by atoms with Crippen LogP contribution < -0.4 is 16.2 Å². The monoisotopic (exact) mass is 406 g/mol. The van der Waals surface area contributed by atoms with Crippen molar-refractivity contribution in [1.82, 2.24) is 9.97 Å².